The predicted octanol–water partition coefficient (Wildman–Crippen LogP) is 2.00. The molecule has 1 aliphatic rings. The summed E-state index contributed by atoms with van der Waals surface area (Å²) in [7, 11) is -3.79. The van der Waals surface area contributed by atoms with Crippen LogP contribution in [0.1, 0.15) is 51.1 Å². The molecule has 136 valence electrons. The molecule has 24 heavy (non-hydrogen) atoms. The highest BCUT2D eigenvalue weighted by Crippen LogP contribution is 2.20. The van der Waals surface area contributed by atoms with Crippen LogP contribution in [0, 0.1) is 0 Å². The SMILES string of the molecule is CCOC1CCCN(C(=O)c2ccc(S(=O)(=O)NC(C)(C)C)o2)C1. The summed E-state index contributed by atoms with van der Waals surface area (Å²) < 4.78 is 37.9. The van der Waals surface area contributed by atoms with Gasteiger partial charge in [0.25, 0.3) is 15.9 Å². The summed E-state index contributed by atoms with van der Waals surface area (Å²) in [4.78, 5) is 14.2. The third kappa shape index (κ3) is 4.81. The molecule has 1 aliphatic heterocycles. The van der Waals surface area contributed by atoms with Gasteiger partial charge in [-0.1, -0.05) is 0 Å². The first-order chi connectivity index (χ1) is 11.1. The summed E-state index contributed by atoms with van der Waals surface area (Å²) in [5.74, 6) is -0.280. The van der Waals surface area contributed by atoms with Crippen LogP contribution in [0.15, 0.2) is 21.6 Å². The van der Waals surface area contributed by atoms with Crippen LogP contribution in [0.4, 0.5) is 0 Å². The van der Waals surface area contributed by atoms with Crippen LogP contribution >= 0.6 is 0 Å². The van der Waals surface area contributed by atoms with E-state index in [9.17, 15) is 13.2 Å². The minimum atomic E-state index is -3.79. The van der Waals surface area contributed by atoms with Crippen molar-refractivity contribution in [2.75, 3.05) is 19.7 Å². The van der Waals surface area contributed by atoms with Gasteiger partial charge in [0, 0.05) is 25.2 Å². The van der Waals surface area contributed by atoms with Crippen molar-refractivity contribution in [3.63, 3.8) is 0 Å². The summed E-state index contributed by atoms with van der Waals surface area (Å²) in [6.07, 6.45) is 1.80. The number of nitrogens with one attached hydrogen (secondary N) is 1. The average Bonchev–Trinajstić information content (AvgIpc) is 2.95. The lowest BCUT2D eigenvalue weighted by molar-refractivity contribution is 0.00600. The second-order valence-corrected chi connectivity index (χ2v) is 8.56. The molecule has 0 radical (unpaired) electrons. The molecular formula is C16H26N2O5S. The first-order valence-electron chi connectivity index (χ1n) is 8.17. The molecule has 2 rings (SSSR count). The number of amides is 1. The molecule has 0 saturated carbocycles. The van der Waals surface area contributed by atoms with Gasteiger partial charge in [-0.15, -0.1) is 0 Å². The number of sulfonamides is 1. The van der Waals surface area contributed by atoms with Crippen molar-refractivity contribution in [3.8, 4) is 0 Å². The molecule has 0 spiro atoms. The largest absolute Gasteiger partial charge is 0.438 e. The number of carbonyl (C=O) groups excluding carboxylic acids is 1. The molecule has 2 heterocycles. The maximum atomic E-state index is 12.5. The molecule has 1 N–H and O–H groups in total. The quantitative estimate of drug-likeness (QED) is 0.869. The van der Waals surface area contributed by atoms with Gasteiger partial charge in [0.1, 0.15) is 0 Å². The van der Waals surface area contributed by atoms with E-state index in [0.29, 0.717) is 19.7 Å². The molecule has 0 aliphatic carbocycles. The van der Waals surface area contributed by atoms with Gasteiger partial charge in [-0.3, -0.25) is 4.79 Å². The molecule has 1 fully saturated rings. The van der Waals surface area contributed by atoms with E-state index < -0.39 is 15.6 Å². The molecule has 8 heteroatoms. The van der Waals surface area contributed by atoms with Crippen molar-refractivity contribution in [2.24, 2.45) is 0 Å². The van der Waals surface area contributed by atoms with Crippen LogP contribution < -0.4 is 4.72 Å². The Morgan fingerprint density at radius 2 is 2.12 bits per heavy atom. The summed E-state index contributed by atoms with van der Waals surface area (Å²) >= 11 is 0. The highest BCUT2D eigenvalue weighted by atomic mass is 32.2. The highest BCUT2D eigenvalue weighted by molar-refractivity contribution is 7.89. The number of furan rings is 1. The molecule has 1 atom stereocenters. The van der Waals surface area contributed by atoms with E-state index in [2.05, 4.69) is 4.72 Å². The smallest absolute Gasteiger partial charge is 0.289 e. The van der Waals surface area contributed by atoms with Gasteiger partial charge >= 0.3 is 0 Å². The van der Waals surface area contributed by atoms with Crippen LogP contribution in [0.3, 0.4) is 0 Å². The van der Waals surface area contributed by atoms with Crippen LogP contribution in [-0.4, -0.2) is 50.6 Å². The van der Waals surface area contributed by atoms with Crippen LogP contribution in [0.25, 0.3) is 0 Å². The van der Waals surface area contributed by atoms with Crippen LogP contribution in [-0.2, 0) is 14.8 Å². The van der Waals surface area contributed by atoms with Crippen molar-refractivity contribution in [3.05, 3.63) is 17.9 Å². The molecule has 7 nitrogen and oxygen atoms in total. The lowest BCUT2D eigenvalue weighted by Crippen LogP contribution is -2.43. The maximum Gasteiger partial charge on any atom is 0.289 e. The zero-order valence-corrected chi connectivity index (χ0v) is 15.5. The fourth-order valence-corrected chi connectivity index (χ4v) is 4.04. The average molecular weight is 358 g/mol. The lowest BCUT2D eigenvalue weighted by Gasteiger charge is -2.31. The molecule has 1 amide bonds. The minimum absolute atomic E-state index is 0.0217. The van der Waals surface area contributed by atoms with Gasteiger partial charge < -0.3 is 14.1 Å². The molecule has 1 aromatic rings. The molecule has 0 aromatic carbocycles. The van der Waals surface area contributed by atoms with Crippen LogP contribution in [0.5, 0.6) is 0 Å². The van der Waals surface area contributed by atoms with Gasteiger partial charge in [0.15, 0.2) is 5.76 Å². The Hall–Kier alpha value is -1.38. The number of hydrogen-bond acceptors (Lipinski definition) is 5. The third-order valence-electron chi connectivity index (χ3n) is 3.57. The summed E-state index contributed by atoms with van der Waals surface area (Å²) in [5.41, 5.74) is -0.632. The van der Waals surface area contributed by atoms with Gasteiger partial charge in [-0.25, -0.2) is 13.1 Å². The third-order valence-corrected chi connectivity index (χ3v) is 5.20. The number of ether oxygens (including phenoxy) is 1. The summed E-state index contributed by atoms with van der Waals surface area (Å²) in [5, 5.41) is -0.251. The predicted molar refractivity (Wildman–Crippen MR) is 89.3 cm³/mol. The van der Waals surface area contributed by atoms with Crippen molar-refractivity contribution < 1.29 is 22.4 Å². The van der Waals surface area contributed by atoms with E-state index >= 15 is 0 Å². The first kappa shape index (κ1) is 19.0. The Morgan fingerprint density at radius 3 is 2.75 bits per heavy atom. The van der Waals surface area contributed by atoms with Crippen molar-refractivity contribution >= 4 is 15.9 Å². The van der Waals surface area contributed by atoms with Crippen molar-refractivity contribution in [1.82, 2.24) is 9.62 Å². The van der Waals surface area contributed by atoms with Gasteiger partial charge in [0.05, 0.1) is 6.10 Å². The molecule has 1 saturated heterocycles. The van der Waals surface area contributed by atoms with Crippen molar-refractivity contribution in [2.45, 2.75) is 57.3 Å². The van der Waals surface area contributed by atoms with E-state index in [-0.39, 0.29) is 22.9 Å². The number of likely N-dealkylation sites (tertiary alicyclic amines) is 1. The zero-order chi connectivity index (χ0) is 18.0. The Morgan fingerprint density at radius 1 is 1.42 bits per heavy atom. The number of nitrogens with zero attached hydrogens (tertiary/aromatic N) is 1. The number of carbonyl (C=O) groups is 1. The van der Waals surface area contributed by atoms with E-state index in [1.165, 1.54) is 12.1 Å². The van der Waals surface area contributed by atoms with Gasteiger partial charge in [-0.05, 0) is 52.7 Å². The molecule has 1 aromatic heterocycles. The fraction of sp³-hybridized carbons (Fsp3) is 0.688. The summed E-state index contributed by atoms with van der Waals surface area (Å²) in [6, 6.07) is 2.72. The Kier molecular flexibility index (Phi) is 5.72. The second-order valence-electron chi connectivity index (χ2n) is 6.94. The maximum absolute atomic E-state index is 12.5. The van der Waals surface area contributed by atoms with Gasteiger partial charge in [-0.2, -0.15) is 0 Å². The summed E-state index contributed by atoms with van der Waals surface area (Å²) in [6.45, 7) is 8.85. The number of piperidine rings is 1. The highest BCUT2D eigenvalue weighted by Gasteiger charge is 2.29. The molecular weight excluding hydrogens is 332 g/mol. The standard InChI is InChI=1S/C16H26N2O5S/c1-5-22-12-7-6-10-18(11-12)15(19)13-8-9-14(23-13)24(20,21)17-16(2,3)4/h8-9,12,17H,5-7,10-11H2,1-4H3. The zero-order valence-electron chi connectivity index (χ0n) is 14.7. The number of rotatable bonds is 5. The fourth-order valence-electron chi connectivity index (χ4n) is 2.68. The van der Waals surface area contributed by atoms with Gasteiger partial charge in [0.2, 0.25) is 5.09 Å². The molecule has 1 unspecified atom stereocenters. The Balaban J connectivity index is 2.11. The Bertz CT molecular complexity index is 673. The van der Waals surface area contributed by atoms with E-state index in [4.69, 9.17) is 9.15 Å². The van der Waals surface area contributed by atoms with E-state index in [0.717, 1.165) is 12.8 Å². The first-order valence-corrected chi connectivity index (χ1v) is 9.65. The monoisotopic (exact) mass is 358 g/mol. The lowest BCUT2D eigenvalue weighted by atomic mass is 10.1. The molecule has 0 bridgehead atoms. The Labute approximate surface area is 143 Å². The minimum Gasteiger partial charge on any atom is -0.438 e. The topological polar surface area (TPSA) is 88.8 Å². The van der Waals surface area contributed by atoms with E-state index in [1.807, 2.05) is 6.92 Å². The second kappa shape index (κ2) is 7.25. The number of hydrogen-bond donors (Lipinski definition) is 1. The van der Waals surface area contributed by atoms with Crippen LogP contribution in [0.2, 0.25) is 0 Å². The van der Waals surface area contributed by atoms with Crippen molar-refractivity contribution in [1.29, 1.82) is 0 Å². The normalized spacial score (nSPS) is 19.5. The van der Waals surface area contributed by atoms with E-state index in [1.54, 1.807) is 25.7 Å².